The van der Waals surface area contributed by atoms with Crippen LogP contribution in [0.5, 0.6) is 5.75 Å². The fourth-order valence-corrected chi connectivity index (χ4v) is 3.36. The van der Waals surface area contributed by atoms with E-state index in [1.165, 1.54) is 11.1 Å². The van der Waals surface area contributed by atoms with Crippen LogP contribution in [-0.2, 0) is 13.1 Å². The van der Waals surface area contributed by atoms with Gasteiger partial charge in [0.25, 0.3) is 0 Å². The van der Waals surface area contributed by atoms with Crippen molar-refractivity contribution in [3.63, 3.8) is 0 Å². The lowest BCUT2D eigenvalue weighted by molar-refractivity contribution is -0.897. The number of hydrogen-bond acceptors (Lipinski definition) is 3. The first-order chi connectivity index (χ1) is 13.2. The quantitative estimate of drug-likeness (QED) is 0.579. The number of benzene rings is 2. The Hall–Kier alpha value is -2.53. The van der Waals surface area contributed by atoms with E-state index in [1.807, 2.05) is 25.1 Å². The minimum absolute atomic E-state index is 0.691. The molecule has 0 atom stereocenters. The first kappa shape index (κ1) is 19.2. The predicted octanol–water partition coefficient (Wildman–Crippen LogP) is 2.97. The summed E-state index contributed by atoms with van der Waals surface area (Å²) >= 11 is 0. The lowest BCUT2D eigenvalue weighted by Gasteiger charge is -2.17. The van der Waals surface area contributed by atoms with Crippen LogP contribution >= 0.6 is 0 Å². The minimum atomic E-state index is 0.691. The molecule has 1 aromatic heterocycles. The van der Waals surface area contributed by atoms with Gasteiger partial charge in [-0.2, -0.15) is 0 Å². The summed E-state index contributed by atoms with van der Waals surface area (Å²) in [5, 5.41) is 3.53. The van der Waals surface area contributed by atoms with E-state index in [4.69, 9.17) is 9.72 Å². The highest BCUT2D eigenvalue weighted by Gasteiger charge is 2.12. The van der Waals surface area contributed by atoms with Crippen molar-refractivity contribution in [1.29, 1.82) is 0 Å². The Morgan fingerprint density at radius 1 is 1.00 bits per heavy atom. The molecule has 2 N–H and O–H groups in total. The molecule has 3 rings (SSSR count). The van der Waals surface area contributed by atoms with E-state index in [1.54, 1.807) is 4.90 Å². The van der Waals surface area contributed by atoms with E-state index in [9.17, 15) is 0 Å². The highest BCUT2D eigenvalue weighted by molar-refractivity contribution is 5.78. The largest absolute Gasteiger partial charge is 0.494 e. The second kappa shape index (κ2) is 9.42. The predicted molar refractivity (Wildman–Crippen MR) is 112 cm³/mol. The number of ether oxygens (including phenoxy) is 1. The van der Waals surface area contributed by atoms with Gasteiger partial charge in [-0.25, -0.2) is 4.98 Å². The van der Waals surface area contributed by atoms with E-state index in [0.717, 1.165) is 49.9 Å². The first-order valence-electron chi connectivity index (χ1n) is 9.99. The average Bonchev–Trinajstić information content (AvgIpc) is 3.06. The van der Waals surface area contributed by atoms with Gasteiger partial charge in [0.05, 0.1) is 43.8 Å². The number of aromatic nitrogens is 2. The fourth-order valence-electron chi connectivity index (χ4n) is 3.36. The highest BCUT2D eigenvalue weighted by Crippen LogP contribution is 2.20. The molecule has 0 aliphatic heterocycles. The number of likely N-dealkylation sites (N-methyl/N-ethyl adjacent to an activating group) is 1. The summed E-state index contributed by atoms with van der Waals surface area (Å²) in [6.07, 6.45) is 0. The van der Waals surface area contributed by atoms with Gasteiger partial charge >= 0.3 is 0 Å². The van der Waals surface area contributed by atoms with Crippen LogP contribution in [0.4, 0.5) is 5.95 Å². The van der Waals surface area contributed by atoms with E-state index in [0.29, 0.717) is 6.61 Å². The monoisotopic (exact) mass is 367 g/mol. The van der Waals surface area contributed by atoms with Crippen molar-refractivity contribution < 1.29 is 9.64 Å². The van der Waals surface area contributed by atoms with Crippen LogP contribution in [0.1, 0.15) is 26.3 Å². The molecule has 5 heteroatoms. The van der Waals surface area contributed by atoms with Crippen LogP contribution in [0, 0.1) is 0 Å². The van der Waals surface area contributed by atoms with Crippen LogP contribution in [0.25, 0.3) is 11.0 Å². The van der Waals surface area contributed by atoms with E-state index in [-0.39, 0.29) is 0 Å². The minimum Gasteiger partial charge on any atom is -0.494 e. The number of quaternary nitrogens is 1. The van der Waals surface area contributed by atoms with Crippen molar-refractivity contribution in [2.45, 2.75) is 33.9 Å². The summed E-state index contributed by atoms with van der Waals surface area (Å²) in [6.45, 7) is 12.3. The van der Waals surface area contributed by atoms with Gasteiger partial charge in [0.2, 0.25) is 5.95 Å². The van der Waals surface area contributed by atoms with E-state index in [2.05, 4.69) is 54.1 Å². The summed E-state index contributed by atoms with van der Waals surface area (Å²) in [5.41, 5.74) is 3.45. The van der Waals surface area contributed by atoms with Crippen LogP contribution < -0.4 is 15.0 Å². The molecule has 0 spiro atoms. The zero-order chi connectivity index (χ0) is 19.1. The van der Waals surface area contributed by atoms with Gasteiger partial charge in [-0.3, -0.25) is 0 Å². The molecule has 0 saturated heterocycles. The van der Waals surface area contributed by atoms with E-state index >= 15 is 0 Å². The second-order valence-electron chi connectivity index (χ2n) is 6.71. The third-order valence-electron chi connectivity index (χ3n) is 5.03. The molecule has 5 nitrogen and oxygen atoms in total. The molecule has 0 bridgehead atoms. The molecule has 3 aromatic rings. The van der Waals surface area contributed by atoms with Gasteiger partial charge in [-0.15, -0.1) is 0 Å². The molecule has 27 heavy (non-hydrogen) atoms. The summed E-state index contributed by atoms with van der Waals surface area (Å²) in [6, 6.07) is 16.6. The molecule has 2 aromatic carbocycles. The Morgan fingerprint density at radius 3 is 2.44 bits per heavy atom. The smallest absolute Gasteiger partial charge is 0.204 e. The van der Waals surface area contributed by atoms with Crippen molar-refractivity contribution in [2.24, 2.45) is 0 Å². The third-order valence-corrected chi connectivity index (χ3v) is 5.03. The number of hydrogen-bond donors (Lipinski definition) is 2. The number of rotatable bonds is 10. The summed E-state index contributed by atoms with van der Waals surface area (Å²) in [5.74, 6) is 1.85. The molecular weight excluding hydrogens is 336 g/mol. The molecule has 0 unspecified atom stereocenters. The third kappa shape index (κ3) is 4.80. The molecule has 0 radical (unpaired) electrons. The topological polar surface area (TPSA) is 43.5 Å². The van der Waals surface area contributed by atoms with Gasteiger partial charge in [-0.1, -0.05) is 24.3 Å². The van der Waals surface area contributed by atoms with Crippen molar-refractivity contribution >= 4 is 17.0 Å². The number of fused-ring (bicyclic) bond motifs is 1. The Morgan fingerprint density at radius 2 is 1.74 bits per heavy atom. The first-order valence-corrected chi connectivity index (χ1v) is 9.99. The van der Waals surface area contributed by atoms with Crippen molar-refractivity contribution in [3.8, 4) is 5.75 Å². The number of anilines is 1. The average molecular weight is 368 g/mol. The lowest BCUT2D eigenvalue weighted by Crippen LogP contribution is -3.11. The molecule has 144 valence electrons. The van der Waals surface area contributed by atoms with Gasteiger partial charge < -0.3 is 19.5 Å². The van der Waals surface area contributed by atoms with Crippen LogP contribution in [0.3, 0.4) is 0 Å². The van der Waals surface area contributed by atoms with E-state index < -0.39 is 0 Å². The number of para-hydroxylation sites is 2. The Balaban J connectivity index is 1.75. The van der Waals surface area contributed by atoms with Crippen molar-refractivity contribution in [2.75, 3.05) is 31.6 Å². The normalized spacial score (nSPS) is 11.3. The Kier molecular flexibility index (Phi) is 6.71. The molecule has 0 fully saturated rings. The second-order valence-corrected chi connectivity index (χ2v) is 6.71. The lowest BCUT2D eigenvalue weighted by atomic mass is 10.2. The number of imidazole rings is 1. The van der Waals surface area contributed by atoms with Crippen LogP contribution in [-0.4, -0.2) is 35.8 Å². The fraction of sp³-hybridized carbons (Fsp3) is 0.409. The van der Waals surface area contributed by atoms with Gasteiger partial charge in [0.15, 0.2) is 0 Å². The SMILES string of the molecule is CCOc1ccc(CNc2nc3ccccc3n2CC[NH+](CC)CC)cc1. The molecule has 0 amide bonds. The van der Waals surface area contributed by atoms with Gasteiger partial charge in [0.1, 0.15) is 5.75 Å². The number of nitrogens with one attached hydrogen (secondary N) is 2. The van der Waals surface area contributed by atoms with Crippen molar-refractivity contribution in [3.05, 3.63) is 54.1 Å². The summed E-state index contributed by atoms with van der Waals surface area (Å²) in [4.78, 5) is 6.42. The zero-order valence-corrected chi connectivity index (χ0v) is 16.7. The molecule has 0 saturated carbocycles. The molecule has 1 heterocycles. The summed E-state index contributed by atoms with van der Waals surface area (Å²) in [7, 11) is 0. The van der Waals surface area contributed by atoms with Gasteiger partial charge in [-0.05, 0) is 50.6 Å². The zero-order valence-electron chi connectivity index (χ0n) is 16.7. The maximum atomic E-state index is 5.52. The molecular formula is C22H31N4O+. The van der Waals surface area contributed by atoms with Crippen LogP contribution in [0.2, 0.25) is 0 Å². The summed E-state index contributed by atoms with van der Waals surface area (Å²) < 4.78 is 7.83. The molecule has 0 aliphatic rings. The number of nitrogens with zero attached hydrogens (tertiary/aromatic N) is 2. The molecule has 0 aliphatic carbocycles. The highest BCUT2D eigenvalue weighted by atomic mass is 16.5. The Bertz CT molecular complexity index is 837. The van der Waals surface area contributed by atoms with Crippen LogP contribution in [0.15, 0.2) is 48.5 Å². The maximum absolute atomic E-state index is 5.52. The Labute approximate surface area is 162 Å². The van der Waals surface area contributed by atoms with Crippen molar-refractivity contribution in [1.82, 2.24) is 9.55 Å². The van der Waals surface area contributed by atoms with Gasteiger partial charge in [0, 0.05) is 6.54 Å². The standard InChI is InChI=1S/C22H30N4O/c1-4-25(5-2)15-16-26-21-10-8-7-9-20(21)24-22(26)23-17-18-11-13-19(14-12-18)27-6-3/h7-14H,4-6,15-17H2,1-3H3,(H,23,24)/p+1. The maximum Gasteiger partial charge on any atom is 0.204 e.